The summed E-state index contributed by atoms with van der Waals surface area (Å²) < 4.78 is 5.98. The van der Waals surface area contributed by atoms with Crippen molar-refractivity contribution in [3.63, 3.8) is 0 Å². The number of carbonyl (C=O) groups excluding carboxylic acids is 3. The number of nitriles is 1. The zero-order valence-corrected chi connectivity index (χ0v) is 25.5. The first-order valence-corrected chi connectivity index (χ1v) is 16.1. The van der Waals surface area contributed by atoms with Crippen LogP contribution in [0.4, 0.5) is 16.2 Å². The van der Waals surface area contributed by atoms with Crippen LogP contribution in [0.1, 0.15) is 42.9 Å². The van der Waals surface area contributed by atoms with Crippen molar-refractivity contribution in [2.24, 2.45) is 5.92 Å². The van der Waals surface area contributed by atoms with E-state index in [9.17, 15) is 19.6 Å². The second kappa shape index (κ2) is 11.9. The number of aryl methyl sites for hydroxylation is 1. The molecule has 2 unspecified atom stereocenters. The molecule has 45 heavy (non-hydrogen) atoms. The predicted octanol–water partition coefficient (Wildman–Crippen LogP) is 5.53. The third-order valence-electron chi connectivity index (χ3n) is 8.66. The number of likely N-dealkylation sites (tertiary alicyclic amines) is 1. The first-order chi connectivity index (χ1) is 21.9. The number of thioether (sulfide) groups is 1. The van der Waals surface area contributed by atoms with E-state index in [1.165, 1.54) is 11.8 Å². The fourth-order valence-electron chi connectivity index (χ4n) is 6.17. The van der Waals surface area contributed by atoms with Crippen molar-refractivity contribution in [3.05, 3.63) is 83.6 Å². The Hall–Kier alpha value is -4.82. The number of piperidine rings is 1. The number of rotatable bonds is 7. The maximum absolute atomic E-state index is 13.6. The number of aromatic nitrogens is 1. The van der Waals surface area contributed by atoms with Crippen LogP contribution in [-0.4, -0.2) is 52.1 Å². The van der Waals surface area contributed by atoms with Gasteiger partial charge in [0.05, 0.1) is 17.4 Å². The van der Waals surface area contributed by atoms with Gasteiger partial charge in [-0.25, -0.2) is 9.78 Å². The van der Waals surface area contributed by atoms with E-state index in [2.05, 4.69) is 21.7 Å². The highest BCUT2D eigenvalue weighted by atomic mass is 32.2. The molecule has 0 radical (unpaired) electrons. The zero-order chi connectivity index (χ0) is 31.1. The van der Waals surface area contributed by atoms with Crippen molar-refractivity contribution in [1.82, 2.24) is 20.5 Å². The van der Waals surface area contributed by atoms with Crippen LogP contribution in [-0.2, 0) is 9.59 Å². The van der Waals surface area contributed by atoms with Gasteiger partial charge < -0.3 is 20.3 Å². The molecule has 1 aromatic heterocycles. The van der Waals surface area contributed by atoms with Crippen LogP contribution in [0.15, 0.2) is 77.5 Å². The fourth-order valence-corrected chi connectivity index (χ4v) is 7.40. The molecule has 7 rings (SSSR count). The van der Waals surface area contributed by atoms with Crippen LogP contribution in [0, 0.1) is 24.2 Å². The fraction of sp³-hybridized carbons (Fsp3) is 0.324. The number of hydrogen-bond donors (Lipinski definition) is 2. The Bertz CT molecular complexity index is 1740. The molecule has 11 heteroatoms. The molecule has 10 nitrogen and oxygen atoms in total. The molecule has 4 heterocycles. The zero-order valence-electron chi connectivity index (χ0n) is 24.7. The third kappa shape index (κ3) is 5.73. The summed E-state index contributed by atoms with van der Waals surface area (Å²) in [6.07, 6.45) is 6.73. The molecule has 228 valence electrons. The lowest BCUT2D eigenvalue weighted by molar-refractivity contribution is -0.128. The van der Waals surface area contributed by atoms with Crippen molar-refractivity contribution in [3.8, 4) is 17.6 Å². The highest BCUT2D eigenvalue weighted by Gasteiger charge is 2.47. The quantitative estimate of drug-likeness (QED) is 0.263. The largest absolute Gasteiger partial charge is 0.457 e. The van der Waals surface area contributed by atoms with Gasteiger partial charge in [0.25, 0.3) is 5.91 Å². The van der Waals surface area contributed by atoms with Crippen LogP contribution in [0.3, 0.4) is 0 Å². The number of para-hydroxylation sites is 1. The average Bonchev–Trinajstić information content (AvgIpc) is 3.80. The van der Waals surface area contributed by atoms with Gasteiger partial charge in [-0.05, 0) is 80.5 Å². The molecule has 3 aromatic rings. The molecule has 2 aromatic carbocycles. The van der Waals surface area contributed by atoms with E-state index in [-0.39, 0.29) is 29.5 Å². The highest BCUT2D eigenvalue weighted by molar-refractivity contribution is 8.01. The van der Waals surface area contributed by atoms with E-state index in [0.717, 1.165) is 34.7 Å². The summed E-state index contributed by atoms with van der Waals surface area (Å²) in [6, 6.07) is 18.1. The van der Waals surface area contributed by atoms with Gasteiger partial charge in [-0.3, -0.25) is 14.5 Å². The topological polar surface area (TPSA) is 128 Å². The number of allylic oxidation sites excluding steroid dienone is 1. The first kappa shape index (κ1) is 28.9. The molecule has 1 saturated heterocycles. The molecule has 1 saturated carbocycles. The van der Waals surface area contributed by atoms with Crippen LogP contribution >= 0.6 is 11.8 Å². The molecule has 4 amide bonds. The van der Waals surface area contributed by atoms with Crippen LogP contribution in [0.25, 0.3) is 0 Å². The second-order valence-electron chi connectivity index (χ2n) is 11.8. The Morgan fingerprint density at radius 2 is 1.84 bits per heavy atom. The molecule has 3 aliphatic heterocycles. The number of urea groups is 1. The molecular formula is C34H32N6O4S. The monoisotopic (exact) mass is 620 g/mol. The van der Waals surface area contributed by atoms with Gasteiger partial charge >= 0.3 is 6.03 Å². The van der Waals surface area contributed by atoms with Crippen molar-refractivity contribution in [2.75, 3.05) is 18.0 Å². The lowest BCUT2D eigenvalue weighted by Gasteiger charge is -2.36. The van der Waals surface area contributed by atoms with E-state index >= 15 is 0 Å². The van der Waals surface area contributed by atoms with Crippen molar-refractivity contribution < 1.29 is 19.1 Å². The minimum Gasteiger partial charge on any atom is -0.457 e. The van der Waals surface area contributed by atoms with Gasteiger partial charge in [0.2, 0.25) is 5.91 Å². The molecule has 1 aliphatic carbocycles. The van der Waals surface area contributed by atoms with Gasteiger partial charge in [-0.2, -0.15) is 5.26 Å². The van der Waals surface area contributed by atoms with Crippen molar-refractivity contribution in [1.29, 1.82) is 5.26 Å². The van der Waals surface area contributed by atoms with Crippen LogP contribution in [0.5, 0.6) is 11.5 Å². The second-order valence-corrected chi connectivity index (χ2v) is 12.9. The number of nitrogens with zero attached hydrogens (tertiary/aromatic N) is 4. The summed E-state index contributed by atoms with van der Waals surface area (Å²) in [7, 11) is 0. The number of anilines is 2. The summed E-state index contributed by atoms with van der Waals surface area (Å²) in [5, 5.41) is 15.8. The standard InChI is InChI=1S/C34H32N6O4S/c1-20-17-25(44-24-5-3-2-4-6-24)9-10-26(20)40-27-11-14-36-32-28(27)29(38-34(40)43)30(45-32)31(41)37-23-12-15-39(16-13-23)33(42)22(19-35)18-21-7-8-21/h2-6,9-11,14,17-18,21,23,29-30H,7-8,12-13,15-16H2,1H3,(H,37,41)(H,38,43)/b22-18+. The van der Waals surface area contributed by atoms with E-state index < -0.39 is 11.3 Å². The maximum Gasteiger partial charge on any atom is 0.327 e. The van der Waals surface area contributed by atoms with Crippen LogP contribution < -0.4 is 20.3 Å². The third-order valence-corrected chi connectivity index (χ3v) is 9.94. The van der Waals surface area contributed by atoms with E-state index in [4.69, 9.17) is 4.74 Å². The molecule has 2 atom stereocenters. The number of hydrogen-bond acceptors (Lipinski definition) is 7. The molecule has 2 fully saturated rings. The summed E-state index contributed by atoms with van der Waals surface area (Å²) in [5.41, 5.74) is 3.33. The minimum absolute atomic E-state index is 0.105. The summed E-state index contributed by atoms with van der Waals surface area (Å²) in [6.45, 7) is 2.88. The lowest BCUT2D eigenvalue weighted by atomic mass is 9.98. The van der Waals surface area contributed by atoms with Gasteiger partial charge in [0, 0.05) is 30.9 Å². The SMILES string of the molecule is Cc1cc(Oc2ccccc2)ccc1N1C(=O)NC2c3c1ccnc3SC2C(=O)NC1CCN(C(=O)/C(C#N)=C/C2CC2)CC1. The normalized spacial score (nSPS) is 21.1. The molecular weight excluding hydrogens is 588 g/mol. The average molecular weight is 621 g/mol. The maximum atomic E-state index is 13.6. The van der Waals surface area contributed by atoms with Crippen molar-refractivity contribution in [2.45, 2.75) is 55.0 Å². The van der Waals surface area contributed by atoms with E-state index in [0.29, 0.717) is 49.0 Å². The van der Waals surface area contributed by atoms with Gasteiger partial charge in [0.1, 0.15) is 33.4 Å². The summed E-state index contributed by atoms with van der Waals surface area (Å²) >= 11 is 1.36. The van der Waals surface area contributed by atoms with Crippen LogP contribution in [0.2, 0.25) is 0 Å². The number of pyridine rings is 1. The number of benzene rings is 2. The summed E-state index contributed by atoms with van der Waals surface area (Å²) in [5.74, 6) is 1.35. The minimum atomic E-state index is -0.575. The Morgan fingerprint density at radius 3 is 2.56 bits per heavy atom. The molecule has 2 N–H and O–H groups in total. The first-order valence-electron chi connectivity index (χ1n) is 15.2. The predicted molar refractivity (Wildman–Crippen MR) is 169 cm³/mol. The Kier molecular flexibility index (Phi) is 7.67. The molecule has 0 spiro atoms. The summed E-state index contributed by atoms with van der Waals surface area (Å²) in [4.78, 5) is 48.0. The van der Waals surface area contributed by atoms with Gasteiger partial charge in [-0.1, -0.05) is 36.0 Å². The smallest absolute Gasteiger partial charge is 0.327 e. The molecule has 0 bridgehead atoms. The van der Waals surface area contributed by atoms with E-state index in [1.54, 1.807) is 22.1 Å². The Labute approximate surface area is 265 Å². The number of carbonyl (C=O) groups is 3. The Morgan fingerprint density at radius 1 is 1.07 bits per heavy atom. The van der Waals surface area contributed by atoms with Crippen molar-refractivity contribution >= 4 is 41.0 Å². The van der Waals surface area contributed by atoms with Gasteiger partial charge in [0.15, 0.2) is 0 Å². The number of nitrogens with one attached hydrogen (secondary N) is 2. The van der Waals surface area contributed by atoms with Gasteiger partial charge in [-0.15, -0.1) is 0 Å². The lowest BCUT2D eigenvalue weighted by Crippen LogP contribution is -2.52. The number of amides is 4. The highest BCUT2D eigenvalue weighted by Crippen LogP contribution is 2.51. The Balaban J connectivity index is 1.03. The molecule has 4 aliphatic rings. The van der Waals surface area contributed by atoms with E-state index in [1.807, 2.05) is 61.5 Å². The number of ether oxygens (including phenoxy) is 1.